The van der Waals surface area contributed by atoms with E-state index in [4.69, 9.17) is 4.74 Å². The Bertz CT molecular complexity index is 926. The van der Waals surface area contributed by atoms with Crippen molar-refractivity contribution in [3.05, 3.63) is 74.1 Å². The fourth-order valence-electron chi connectivity index (χ4n) is 2.60. The fraction of sp³-hybridized carbons (Fsp3) is 0.188. The van der Waals surface area contributed by atoms with Crippen molar-refractivity contribution in [3.8, 4) is 0 Å². The third kappa shape index (κ3) is 2.86. The van der Waals surface area contributed by atoms with Gasteiger partial charge in [0.1, 0.15) is 0 Å². The van der Waals surface area contributed by atoms with Crippen LogP contribution in [-0.4, -0.2) is 21.8 Å². The normalized spacial score (nSPS) is 11.0. The predicted octanol–water partition coefficient (Wildman–Crippen LogP) is 2.43. The van der Waals surface area contributed by atoms with Gasteiger partial charge < -0.3 is 4.74 Å². The third-order valence-corrected chi connectivity index (χ3v) is 3.71. The van der Waals surface area contributed by atoms with E-state index in [1.807, 2.05) is 24.3 Å². The predicted molar refractivity (Wildman–Crippen MR) is 85.5 cm³/mol. The van der Waals surface area contributed by atoms with Crippen molar-refractivity contribution in [1.82, 2.24) is 9.78 Å². The van der Waals surface area contributed by atoms with Gasteiger partial charge in [0.15, 0.2) is 0 Å². The number of methoxy groups -OCH3 is 1. The molecular formula is C16H15N3O4. The number of non-ortho nitro benzene ring substituents is 1. The van der Waals surface area contributed by atoms with Crippen LogP contribution < -0.4 is 5.56 Å². The van der Waals surface area contributed by atoms with E-state index in [0.29, 0.717) is 24.1 Å². The molecule has 0 aliphatic heterocycles. The van der Waals surface area contributed by atoms with Gasteiger partial charge in [0, 0.05) is 19.2 Å². The van der Waals surface area contributed by atoms with Gasteiger partial charge in [-0.2, -0.15) is 0 Å². The molecule has 7 heteroatoms. The van der Waals surface area contributed by atoms with E-state index in [1.165, 1.54) is 12.1 Å². The highest BCUT2D eigenvalue weighted by molar-refractivity contribution is 5.81. The molecule has 3 aromatic rings. The topological polar surface area (TPSA) is 90.2 Å². The van der Waals surface area contributed by atoms with E-state index in [9.17, 15) is 14.9 Å². The molecular weight excluding hydrogens is 298 g/mol. The molecule has 2 aromatic carbocycles. The van der Waals surface area contributed by atoms with Gasteiger partial charge in [0.25, 0.3) is 11.2 Å². The molecule has 23 heavy (non-hydrogen) atoms. The Balaban J connectivity index is 2.05. The van der Waals surface area contributed by atoms with Gasteiger partial charge >= 0.3 is 0 Å². The largest absolute Gasteiger partial charge is 0.380 e. The molecule has 0 amide bonds. The maximum Gasteiger partial charge on any atom is 0.272 e. The average Bonchev–Trinajstić information content (AvgIpc) is 2.85. The lowest BCUT2D eigenvalue weighted by molar-refractivity contribution is -0.384. The van der Waals surface area contributed by atoms with Crippen molar-refractivity contribution in [2.75, 3.05) is 7.11 Å². The average molecular weight is 313 g/mol. The van der Waals surface area contributed by atoms with Crippen LogP contribution in [0.3, 0.4) is 0 Å². The number of ether oxygens (including phenoxy) is 1. The first kappa shape index (κ1) is 15.0. The lowest BCUT2D eigenvalue weighted by atomic mass is 10.1. The third-order valence-electron chi connectivity index (χ3n) is 3.71. The maximum absolute atomic E-state index is 12.1. The molecule has 0 atom stereocenters. The lowest BCUT2D eigenvalue weighted by Crippen LogP contribution is -2.08. The highest BCUT2D eigenvalue weighted by atomic mass is 16.6. The van der Waals surface area contributed by atoms with Crippen LogP contribution in [0, 0.1) is 10.1 Å². The zero-order chi connectivity index (χ0) is 16.4. The Labute approximate surface area is 131 Å². The molecule has 0 saturated heterocycles. The monoisotopic (exact) mass is 313 g/mol. The number of aromatic amines is 1. The molecule has 0 fully saturated rings. The van der Waals surface area contributed by atoms with Crippen molar-refractivity contribution < 1.29 is 9.66 Å². The Morgan fingerprint density at radius 2 is 1.96 bits per heavy atom. The summed E-state index contributed by atoms with van der Waals surface area (Å²) in [5.74, 6) is 0. The highest BCUT2D eigenvalue weighted by Crippen LogP contribution is 2.19. The van der Waals surface area contributed by atoms with Crippen molar-refractivity contribution in [2.24, 2.45) is 0 Å². The number of aromatic nitrogens is 2. The summed E-state index contributed by atoms with van der Waals surface area (Å²) in [5, 5.41) is 13.9. The number of hydrogen-bond donors (Lipinski definition) is 1. The number of H-pyrrole nitrogens is 1. The fourth-order valence-corrected chi connectivity index (χ4v) is 2.60. The molecule has 1 heterocycles. The molecule has 118 valence electrons. The summed E-state index contributed by atoms with van der Waals surface area (Å²) in [6.45, 7) is 0.932. The Morgan fingerprint density at radius 3 is 2.65 bits per heavy atom. The highest BCUT2D eigenvalue weighted by Gasteiger charge is 2.13. The zero-order valence-corrected chi connectivity index (χ0v) is 12.5. The number of rotatable bonds is 5. The van der Waals surface area contributed by atoms with Crippen LogP contribution in [0.5, 0.6) is 0 Å². The number of nitro benzene ring substituents is 1. The first-order valence-corrected chi connectivity index (χ1v) is 7.03. The Morgan fingerprint density at radius 1 is 1.22 bits per heavy atom. The first-order valence-electron chi connectivity index (χ1n) is 7.03. The van der Waals surface area contributed by atoms with E-state index < -0.39 is 4.92 Å². The maximum atomic E-state index is 12.1. The Hall–Kier alpha value is -2.93. The van der Waals surface area contributed by atoms with Crippen molar-refractivity contribution in [2.45, 2.75) is 13.2 Å². The number of nitrogens with zero attached hydrogens (tertiary/aromatic N) is 2. The summed E-state index contributed by atoms with van der Waals surface area (Å²) in [5.41, 5.74) is 2.24. The molecule has 0 unspecified atom stereocenters. The quantitative estimate of drug-likeness (QED) is 0.578. The van der Waals surface area contributed by atoms with Crippen molar-refractivity contribution in [3.63, 3.8) is 0 Å². The number of hydrogen-bond acceptors (Lipinski definition) is 4. The lowest BCUT2D eigenvalue weighted by Gasteiger charge is -2.10. The van der Waals surface area contributed by atoms with Crippen molar-refractivity contribution >= 4 is 16.6 Å². The van der Waals surface area contributed by atoms with Crippen molar-refractivity contribution in [1.29, 1.82) is 0 Å². The molecule has 0 radical (unpaired) electrons. The second kappa shape index (κ2) is 6.05. The summed E-state index contributed by atoms with van der Waals surface area (Å²) in [4.78, 5) is 22.4. The van der Waals surface area contributed by atoms with E-state index in [-0.39, 0.29) is 11.2 Å². The van der Waals surface area contributed by atoms with Gasteiger partial charge in [-0.3, -0.25) is 24.7 Å². The molecule has 1 N–H and O–H groups in total. The van der Waals surface area contributed by atoms with E-state index in [1.54, 1.807) is 17.9 Å². The second-order valence-electron chi connectivity index (χ2n) is 5.19. The van der Waals surface area contributed by atoms with E-state index >= 15 is 0 Å². The number of nitro groups is 1. The minimum Gasteiger partial charge on any atom is -0.380 e. The Kier molecular flexibility index (Phi) is 3.94. The zero-order valence-electron chi connectivity index (χ0n) is 12.5. The molecule has 1 aromatic heterocycles. The molecule has 0 spiro atoms. The summed E-state index contributed by atoms with van der Waals surface area (Å²) in [7, 11) is 1.63. The van der Waals surface area contributed by atoms with Crippen LogP contribution >= 0.6 is 0 Å². The van der Waals surface area contributed by atoms with Gasteiger partial charge in [0.2, 0.25) is 0 Å². The minimum absolute atomic E-state index is 0.0967. The standard InChI is InChI=1S/C16H15N3O4/c1-23-10-12-5-3-2-4-11(12)9-18-15-7-6-13(19(21)22)8-14(15)16(20)17-18/h2-8H,9-10H2,1H3,(H,17,20). The number of benzene rings is 2. The number of fused-ring (bicyclic) bond motifs is 1. The molecule has 0 aliphatic rings. The van der Waals surface area contributed by atoms with E-state index in [0.717, 1.165) is 11.1 Å². The smallest absolute Gasteiger partial charge is 0.272 e. The molecule has 3 rings (SSSR count). The molecule has 0 saturated carbocycles. The van der Waals surface area contributed by atoms with E-state index in [2.05, 4.69) is 5.10 Å². The summed E-state index contributed by atoms with van der Waals surface area (Å²) < 4.78 is 6.88. The van der Waals surface area contributed by atoms with Gasteiger partial charge in [-0.25, -0.2) is 0 Å². The van der Waals surface area contributed by atoms with Gasteiger partial charge in [-0.1, -0.05) is 24.3 Å². The van der Waals surface area contributed by atoms with Gasteiger partial charge in [-0.15, -0.1) is 0 Å². The van der Waals surface area contributed by atoms with Crippen LogP contribution in [0.25, 0.3) is 10.9 Å². The van der Waals surface area contributed by atoms with Crippen LogP contribution in [-0.2, 0) is 17.9 Å². The summed E-state index contributed by atoms with van der Waals surface area (Å²) >= 11 is 0. The van der Waals surface area contributed by atoms with Crippen LogP contribution in [0.4, 0.5) is 5.69 Å². The second-order valence-corrected chi connectivity index (χ2v) is 5.19. The van der Waals surface area contributed by atoms with Crippen LogP contribution in [0.15, 0.2) is 47.3 Å². The van der Waals surface area contributed by atoms with Crippen LogP contribution in [0.2, 0.25) is 0 Å². The number of nitrogens with one attached hydrogen (secondary N) is 1. The molecule has 0 bridgehead atoms. The van der Waals surface area contributed by atoms with Crippen LogP contribution in [0.1, 0.15) is 11.1 Å². The van der Waals surface area contributed by atoms with Gasteiger partial charge in [-0.05, 0) is 17.2 Å². The van der Waals surface area contributed by atoms with Gasteiger partial charge in [0.05, 0.1) is 29.0 Å². The minimum atomic E-state index is -0.510. The SMILES string of the molecule is COCc1ccccc1Cn1[nH]c(=O)c2cc([N+](=O)[O-])ccc21. The molecule has 0 aliphatic carbocycles. The molecule has 7 nitrogen and oxygen atoms in total. The first-order chi connectivity index (χ1) is 11.1. The summed E-state index contributed by atoms with van der Waals surface area (Å²) in [6.07, 6.45) is 0. The summed E-state index contributed by atoms with van der Waals surface area (Å²) in [6, 6.07) is 12.1.